The van der Waals surface area contributed by atoms with Crippen LogP contribution in [0.4, 0.5) is 0 Å². The summed E-state index contributed by atoms with van der Waals surface area (Å²) in [5, 5.41) is 13.1. The van der Waals surface area contributed by atoms with Crippen LogP contribution in [0.5, 0.6) is 11.5 Å². The predicted molar refractivity (Wildman–Crippen MR) is 207 cm³/mol. The Labute approximate surface area is 313 Å². The van der Waals surface area contributed by atoms with E-state index in [2.05, 4.69) is 77.9 Å². The van der Waals surface area contributed by atoms with Crippen molar-refractivity contribution in [2.75, 3.05) is 0 Å². The Morgan fingerprint density at radius 1 is 0.898 bits per heavy atom. The normalized spacial score (nSPS) is 12.8. The first kappa shape index (κ1) is 41.0. The van der Waals surface area contributed by atoms with Gasteiger partial charge in [-0.05, 0) is 61.6 Å². The van der Waals surface area contributed by atoms with Gasteiger partial charge in [0.1, 0.15) is 25.0 Å². The number of hydrogen-bond donors (Lipinski definition) is 1. The molecule has 2 aromatic heterocycles. The molecule has 2 aromatic carbocycles. The molecule has 0 fully saturated rings. The van der Waals surface area contributed by atoms with Gasteiger partial charge < -0.3 is 9.84 Å². The van der Waals surface area contributed by atoms with E-state index in [1.165, 1.54) is 28.7 Å². The van der Waals surface area contributed by atoms with Crippen molar-refractivity contribution in [1.82, 2.24) is 9.97 Å². The first-order valence-corrected chi connectivity index (χ1v) is 21.7. The molecule has 3 heterocycles. The topological polar surface area (TPSA) is 72.3 Å². The maximum absolute atomic E-state index is 11.7. The number of nitrogens with zero attached hydrogens (tertiary/aromatic N) is 2. The molecular weight excluding hydrogens is 821 g/mol. The molecule has 0 bridgehead atoms. The van der Waals surface area contributed by atoms with Gasteiger partial charge in [0.05, 0.1) is 11.5 Å². The Hall–Kier alpha value is -2.38. The fourth-order valence-corrected chi connectivity index (χ4v) is 16.8. The number of ether oxygens (including phenoxy) is 1. The Kier molecular flexibility index (Phi) is 15.3. The second-order valence-corrected chi connectivity index (χ2v) is 20.6. The maximum atomic E-state index is 11.7. The third kappa shape index (κ3) is 9.49. The second kappa shape index (κ2) is 18.2. The zero-order chi connectivity index (χ0) is 35.2. The zero-order valence-electron chi connectivity index (χ0n) is 31.3. The van der Waals surface area contributed by atoms with Gasteiger partial charge in [0.2, 0.25) is 0 Å². The van der Waals surface area contributed by atoms with Gasteiger partial charge in [0.25, 0.3) is 0 Å². The predicted octanol–water partition coefficient (Wildman–Crippen LogP) is 11.9. The molecule has 269 valence electrons. The standard InChI is InChI=1S/C28H33N2OSSi.C13H24O2.Ir/c1-17(2)13-33(14-18(3)4,15-19(5)6)28-26-24-25(29-16-30-27(24)32-28)22-11-20-9-7-8-10-21(20)12-23(22)31-26;1-5-10(6-2)12(14)9-13(15)11(7-3)8-4;/h7-10,12,16-19H,13-15H2,1-6H3;9-11,14H,5-8H2,1-4H3;/q-1;;/b;12-9-;. The molecule has 0 saturated carbocycles. The molecule has 0 saturated heterocycles. The summed E-state index contributed by atoms with van der Waals surface area (Å²) in [5.41, 5.74) is 1.94. The molecule has 1 aliphatic rings. The van der Waals surface area contributed by atoms with Gasteiger partial charge in [-0.2, -0.15) is 0 Å². The number of aliphatic hydroxyl groups excluding tert-OH is 1. The average Bonchev–Trinajstić information content (AvgIpc) is 3.41. The molecule has 0 atom stereocenters. The summed E-state index contributed by atoms with van der Waals surface area (Å²) in [5.74, 6) is 4.45. The van der Waals surface area contributed by atoms with E-state index >= 15 is 0 Å². The van der Waals surface area contributed by atoms with E-state index in [0.29, 0.717) is 17.8 Å². The molecule has 1 aliphatic heterocycles. The first-order chi connectivity index (χ1) is 22.9. The Bertz CT molecular complexity index is 1700. The third-order valence-corrected chi connectivity index (χ3v) is 18.1. The van der Waals surface area contributed by atoms with Crippen molar-refractivity contribution in [2.45, 2.75) is 113 Å². The van der Waals surface area contributed by atoms with Gasteiger partial charge in [-0.3, -0.25) is 9.78 Å². The zero-order valence-corrected chi connectivity index (χ0v) is 35.5. The van der Waals surface area contributed by atoms with E-state index in [1.54, 1.807) is 6.33 Å². The van der Waals surface area contributed by atoms with Crippen LogP contribution in [0.2, 0.25) is 18.1 Å². The van der Waals surface area contributed by atoms with Gasteiger partial charge in [0.15, 0.2) is 5.78 Å². The third-order valence-electron chi connectivity index (χ3n) is 9.61. The number of thiophene rings is 1. The molecule has 49 heavy (non-hydrogen) atoms. The van der Waals surface area contributed by atoms with Crippen LogP contribution in [0.1, 0.15) is 94.9 Å². The second-order valence-electron chi connectivity index (χ2n) is 14.9. The molecule has 1 radical (unpaired) electrons. The van der Waals surface area contributed by atoms with Gasteiger partial charge in [0, 0.05) is 53.6 Å². The molecule has 5 nitrogen and oxygen atoms in total. The molecule has 0 amide bonds. The van der Waals surface area contributed by atoms with Crippen LogP contribution in [0, 0.1) is 35.7 Å². The van der Waals surface area contributed by atoms with Crippen molar-refractivity contribution >= 4 is 50.7 Å². The van der Waals surface area contributed by atoms with Gasteiger partial charge in [-0.25, -0.2) is 4.98 Å². The molecule has 1 N–H and O–H groups in total. The minimum Gasteiger partial charge on any atom is -0.512 e. The molecule has 0 spiro atoms. The number of rotatable bonds is 14. The number of carbonyl (C=O) groups excluding carboxylic acids is 1. The maximum Gasteiger partial charge on any atom is 0.162 e. The average molecular weight is 878 g/mol. The van der Waals surface area contributed by atoms with Gasteiger partial charge in [-0.15, -0.1) is 28.9 Å². The van der Waals surface area contributed by atoms with Crippen molar-refractivity contribution in [3.05, 3.63) is 54.6 Å². The van der Waals surface area contributed by atoms with E-state index in [9.17, 15) is 9.90 Å². The van der Waals surface area contributed by atoms with E-state index in [0.717, 1.165) is 69.4 Å². The molecule has 8 heteroatoms. The number of aliphatic hydroxyl groups is 1. The Balaban J connectivity index is 0.000000347. The summed E-state index contributed by atoms with van der Waals surface area (Å²) in [7, 11) is -1.86. The monoisotopic (exact) mass is 878 g/mol. The molecule has 0 unspecified atom stereocenters. The number of benzene rings is 2. The van der Waals surface area contributed by atoms with Crippen molar-refractivity contribution in [2.24, 2.45) is 29.6 Å². The minimum atomic E-state index is -1.86. The van der Waals surface area contributed by atoms with Crippen LogP contribution in [-0.4, -0.2) is 28.9 Å². The number of hydrogen-bond acceptors (Lipinski definition) is 6. The first-order valence-electron chi connectivity index (χ1n) is 18.2. The van der Waals surface area contributed by atoms with E-state index in [-0.39, 0.29) is 43.5 Å². The Morgan fingerprint density at radius 3 is 2.02 bits per heavy atom. The van der Waals surface area contributed by atoms with Crippen molar-refractivity contribution < 1.29 is 34.7 Å². The van der Waals surface area contributed by atoms with Gasteiger partial charge >= 0.3 is 0 Å². The summed E-state index contributed by atoms with van der Waals surface area (Å²) < 4.78 is 8.31. The number of carbonyl (C=O) groups is 1. The van der Waals surface area contributed by atoms with Crippen molar-refractivity contribution in [3.8, 4) is 22.8 Å². The largest absolute Gasteiger partial charge is 0.512 e. The van der Waals surface area contributed by atoms with Crippen LogP contribution in [0.3, 0.4) is 0 Å². The van der Waals surface area contributed by atoms with Crippen molar-refractivity contribution in [1.29, 1.82) is 0 Å². The molecule has 4 aromatic rings. The number of ketones is 1. The SMILES string of the molecule is CC(C)C[Si](CC(C)C)(CC(C)C)c1sc2ncnc3c2c1Oc1cc2ccccc2[c-]c1-3.CCC(CC)C(=O)/C=C(\O)C(CC)CC.[Ir]. The number of fused-ring (bicyclic) bond motifs is 3. The van der Waals surface area contributed by atoms with Crippen LogP contribution in [-0.2, 0) is 24.9 Å². The number of aromatic nitrogens is 2. The summed E-state index contributed by atoms with van der Waals surface area (Å²) in [6.45, 7) is 22.3. The van der Waals surface area contributed by atoms with Crippen LogP contribution in [0.15, 0.2) is 48.5 Å². The smallest absolute Gasteiger partial charge is 0.162 e. The quantitative estimate of drug-likeness (QED) is 0.0521. The molecule has 5 rings (SSSR count). The van der Waals surface area contributed by atoms with Crippen molar-refractivity contribution in [3.63, 3.8) is 0 Å². The summed E-state index contributed by atoms with van der Waals surface area (Å²) >= 11 is 1.88. The molecular formula is C41H57IrN2O3SSi-. The fourth-order valence-electron chi connectivity index (χ4n) is 7.71. The van der Waals surface area contributed by atoms with Crippen LogP contribution >= 0.6 is 11.3 Å². The summed E-state index contributed by atoms with van der Waals surface area (Å²) in [4.78, 5) is 22.3. The summed E-state index contributed by atoms with van der Waals surface area (Å²) in [6, 6.07) is 18.0. The van der Waals surface area contributed by atoms with E-state index in [4.69, 9.17) is 14.7 Å². The van der Waals surface area contributed by atoms with Crippen LogP contribution < -0.4 is 9.24 Å². The van der Waals surface area contributed by atoms with Gasteiger partial charge in [-0.1, -0.05) is 104 Å². The van der Waals surface area contributed by atoms with E-state index < -0.39 is 8.07 Å². The number of allylic oxidation sites excluding steroid dienone is 2. The van der Waals surface area contributed by atoms with E-state index in [1.807, 2.05) is 39.0 Å². The summed E-state index contributed by atoms with van der Waals surface area (Å²) in [6.07, 6.45) is 6.62. The fraction of sp³-hybridized carbons (Fsp3) is 0.537. The van der Waals surface area contributed by atoms with Crippen LogP contribution in [0.25, 0.3) is 32.2 Å². The minimum absolute atomic E-state index is 0. The Morgan fingerprint density at radius 2 is 1.47 bits per heavy atom. The molecule has 0 aliphatic carbocycles.